The number of hydrogen-bond acceptors (Lipinski definition) is 10. The fourth-order valence-electron chi connectivity index (χ4n) is 4.93. The van der Waals surface area contributed by atoms with Crippen molar-refractivity contribution in [1.82, 2.24) is 0 Å². The standard InChI is InChI=1S/C37H35Cl3N6O6/c1-18-13-31(33(52-7)16-25(18)38)42-37(50)35(22(5)48)46-44-29-11-9-24(15-27(29)40)23-8-10-28(26(39)14-23)43-45-34(21(4)47)36(49)41-30-17-32(51-6)20(3)12-19(30)2/h8-17,34-35H,1-7H3,(H,41,49)(H,42,50). The number of Topliss-reactive ketones (excluding diaryl/α,β-unsaturated/α-hetero) is 2. The molecule has 2 amide bonds. The van der Waals surface area contributed by atoms with Crippen LogP contribution in [0.5, 0.6) is 11.5 Å². The number of anilines is 2. The molecule has 4 aromatic carbocycles. The molecule has 0 bridgehead atoms. The second-order valence-corrected chi connectivity index (χ2v) is 12.9. The zero-order valence-corrected chi connectivity index (χ0v) is 31.6. The van der Waals surface area contributed by atoms with E-state index in [2.05, 4.69) is 31.1 Å². The molecule has 0 aliphatic heterocycles. The Morgan fingerprint density at radius 3 is 1.50 bits per heavy atom. The van der Waals surface area contributed by atoms with Gasteiger partial charge in [0.2, 0.25) is 12.1 Å². The lowest BCUT2D eigenvalue weighted by atomic mass is 10.0. The molecule has 270 valence electrons. The van der Waals surface area contributed by atoms with Crippen LogP contribution in [0.3, 0.4) is 0 Å². The van der Waals surface area contributed by atoms with Gasteiger partial charge in [0.15, 0.2) is 11.6 Å². The molecular formula is C37H35Cl3N6O6. The van der Waals surface area contributed by atoms with Crippen LogP contribution in [0.1, 0.15) is 30.5 Å². The summed E-state index contributed by atoms with van der Waals surface area (Å²) in [5, 5.41) is 22.4. The van der Waals surface area contributed by atoms with Gasteiger partial charge >= 0.3 is 0 Å². The van der Waals surface area contributed by atoms with Crippen LogP contribution in [0.2, 0.25) is 15.1 Å². The molecule has 52 heavy (non-hydrogen) atoms. The number of benzene rings is 4. The minimum absolute atomic E-state index is 0.190. The molecule has 2 N–H and O–H groups in total. The third kappa shape index (κ3) is 9.58. The number of carbonyl (C=O) groups excluding carboxylic acids is 4. The summed E-state index contributed by atoms with van der Waals surface area (Å²) < 4.78 is 10.6. The Hall–Kier alpha value is -5.17. The maximum Gasteiger partial charge on any atom is 0.258 e. The van der Waals surface area contributed by atoms with Crippen LogP contribution in [-0.4, -0.2) is 49.7 Å². The highest BCUT2D eigenvalue weighted by Crippen LogP contribution is 2.36. The summed E-state index contributed by atoms with van der Waals surface area (Å²) in [5.74, 6) is -1.52. The molecule has 0 saturated carbocycles. The smallest absolute Gasteiger partial charge is 0.258 e. The number of amides is 2. The Morgan fingerprint density at radius 1 is 0.577 bits per heavy atom. The predicted molar refractivity (Wildman–Crippen MR) is 202 cm³/mol. The number of rotatable bonds is 13. The third-order valence-corrected chi connectivity index (χ3v) is 8.81. The number of carbonyl (C=O) groups is 4. The van der Waals surface area contributed by atoms with E-state index in [4.69, 9.17) is 44.3 Å². The summed E-state index contributed by atoms with van der Waals surface area (Å²) in [6.07, 6.45) is 0. The summed E-state index contributed by atoms with van der Waals surface area (Å²) in [4.78, 5) is 50.8. The van der Waals surface area contributed by atoms with Gasteiger partial charge in [-0.15, -0.1) is 0 Å². The summed E-state index contributed by atoms with van der Waals surface area (Å²) in [7, 11) is 2.96. The second kappa shape index (κ2) is 17.4. The first-order valence-corrected chi connectivity index (χ1v) is 16.8. The molecule has 0 spiro atoms. The van der Waals surface area contributed by atoms with Crippen molar-refractivity contribution < 1.29 is 28.7 Å². The number of ketones is 2. The van der Waals surface area contributed by atoms with Gasteiger partial charge in [-0.05, 0) is 92.8 Å². The van der Waals surface area contributed by atoms with Crippen molar-refractivity contribution in [2.45, 2.75) is 46.7 Å². The zero-order chi connectivity index (χ0) is 38.3. The fraction of sp³-hybridized carbons (Fsp3) is 0.243. The van der Waals surface area contributed by atoms with E-state index in [9.17, 15) is 19.2 Å². The molecule has 0 fully saturated rings. The number of hydrogen-bond donors (Lipinski definition) is 2. The lowest BCUT2D eigenvalue weighted by molar-refractivity contribution is -0.127. The van der Waals surface area contributed by atoms with Crippen molar-refractivity contribution in [1.29, 1.82) is 0 Å². The van der Waals surface area contributed by atoms with Crippen LogP contribution in [0.4, 0.5) is 22.7 Å². The van der Waals surface area contributed by atoms with Crippen molar-refractivity contribution in [3.05, 3.63) is 92.4 Å². The second-order valence-electron chi connectivity index (χ2n) is 11.7. The number of halogens is 3. The molecule has 0 radical (unpaired) electrons. The molecule has 4 aromatic rings. The lowest BCUT2D eigenvalue weighted by Gasteiger charge is -2.14. The van der Waals surface area contributed by atoms with Crippen LogP contribution >= 0.6 is 34.8 Å². The highest BCUT2D eigenvalue weighted by atomic mass is 35.5. The van der Waals surface area contributed by atoms with Crippen LogP contribution < -0.4 is 20.1 Å². The van der Waals surface area contributed by atoms with Crippen LogP contribution in [0.15, 0.2) is 81.1 Å². The van der Waals surface area contributed by atoms with Crippen molar-refractivity contribution in [2.75, 3.05) is 24.9 Å². The summed E-state index contributed by atoms with van der Waals surface area (Å²) in [6.45, 7) is 7.95. The minimum atomic E-state index is -1.46. The van der Waals surface area contributed by atoms with Crippen molar-refractivity contribution in [2.24, 2.45) is 20.5 Å². The van der Waals surface area contributed by atoms with E-state index in [1.807, 2.05) is 19.9 Å². The zero-order valence-electron chi connectivity index (χ0n) is 29.3. The highest BCUT2D eigenvalue weighted by molar-refractivity contribution is 6.34. The van der Waals surface area contributed by atoms with Gasteiger partial charge in [0.05, 0.1) is 30.0 Å². The van der Waals surface area contributed by atoms with Gasteiger partial charge in [0.25, 0.3) is 11.8 Å². The number of methoxy groups -OCH3 is 2. The molecule has 0 saturated heterocycles. The number of nitrogens with one attached hydrogen (secondary N) is 2. The summed E-state index contributed by atoms with van der Waals surface area (Å²) >= 11 is 19.2. The average molecular weight is 766 g/mol. The predicted octanol–water partition coefficient (Wildman–Crippen LogP) is 9.62. The largest absolute Gasteiger partial charge is 0.496 e. The molecule has 2 unspecified atom stereocenters. The van der Waals surface area contributed by atoms with E-state index in [-0.39, 0.29) is 21.4 Å². The summed E-state index contributed by atoms with van der Waals surface area (Å²) in [6, 6.07) is 13.7. The van der Waals surface area contributed by atoms with E-state index in [1.54, 1.807) is 61.5 Å². The molecule has 0 aliphatic rings. The van der Waals surface area contributed by atoms with E-state index >= 15 is 0 Å². The van der Waals surface area contributed by atoms with Crippen LogP contribution in [0, 0.1) is 20.8 Å². The quantitative estimate of drug-likeness (QED) is 0.102. The van der Waals surface area contributed by atoms with Gasteiger partial charge in [-0.25, -0.2) is 0 Å². The molecule has 12 nitrogen and oxygen atoms in total. The molecule has 0 aromatic heterocycles. The first-order valence-electron chi connectivity index (χ1n) is 15.7. The topological polar surface area (TPSA) is 160 Å². The van der Waals surface area contributed by atoms with Crippen molar-refractivity contribution in [3.8, 4) is 22.6 Å². The molecule has 0 aliphatic carbocycles. The van der Waals surface area contributed by atoms with Gasteiger partial charge in [-0.3, -0.25) is 19.2 Å². The lowest BCUT2D eigenvalue weighted by Crippen LogP contribution is -2.32. The Balaban J connectivity index is 1.49. The number of aryl methyl sites for hydroxylation is 3. The van der Waals surface area contributed by atoms with E-state index < -0.39 is 35.5 Å². The van der Waals surface area contributed by atoms with E-state index in [0.717, 1.165) is 11.1 Å². The Morgan fingerprint density at radius 2 is 1.06 bits per heavy atom. The van der Waals surface area contributed by atoms with Crippen molar-refractivity contribution in [3.63, 3.8) is 0 Å². The van der Waals surface area contributed by atoms with Crippen LogP contribution in [-0.2, 0) is 19.2 Å². The monoisotopic (exact) mass is 764 g/mol. The molecular weight excluding hydrogens is 731 g/mol. The minimum Gasteiger partial charge on any atom is -0.496 e. The number of nitrogens with zero attached hydrogens (tertiary/aromatic N) is 4. The SMILES string of the molecule is COc1cc(NC(=O)C(N=Nc2ccc(-c3ccc(N=NC(C(C)=O)C(=O)Nc4cc(C)c(Cl)cc4OC)c(Cl)c3)cc2Cl)C(C)=O)c(C)cc1C. The maximum atomic E-state index is 13.0. The third-order valence-electron chi connectivity index (χ3n) is 7.80. The Labute approximate surface area is 315 Å². The summed E-state index contributed by atoms with van der Waals surface area (Å²) in [5.41, 5.74) is 4.95. The van der Waals surface area contributed by atoms with Gasteiger partial charge in [0.1, 0.15) is 22.9 Å². The number of azo groups is 2. The van der Waals surface area contributed by atoms with E-state index in [0.29, 0.717) is 44.6 Å². The molecule has 0 heterocycles. The number of ether oxygens (including phenoxy) is 2. The van der Waals surface area contributed by atoms with Crippen LogP contribution in [0.25, 0.3) is 11.1 Å². The maximum absolute atomic E-state index is 13.0. The normalized spacial score (nSPS) is 12.4. The fourth-order valence-corrected chi connectivity index (χ4v) is 5.52. The van der Waals surface area contributed by atoms with Gasteiger partial charge in [-0.1, -0.05) is 53.0 Å². The van der Waals surface area contributed by atoms with Gasteiger partial charge in [0, 0.05) is 22.8 Å². The molecule has 15 heteroatoms. The van der Waals surface area contributed by atoms with Crippen molar-refractivity contribution >= 4 is 80.9 Å². The van der Waals surface area contributed by atoms with E-state index in [1.165, 1.54) is 28.1 Å². The average Bonchev–Trinajstić information content (AvgIpc) is 3.08. The molecule has 2 atom stereocenters. The molecule has 4 rings (SSSR count). The van der Waals surface area contributed by atoms with Gasteiger partial charge < -0.3 is 20.1 Å². The Bertz CT molecular complexity index is 2120. The van der Waals surface area contributed by atoms with Gasteiger partial charge in [-0.2, -0.15) is 20.5 Å². The first kappa shape index (κ1) is 39.6. The Kier molecular flexibility index (Phi) is 13.2. The first-order chi connectivity index (χ1) is 24.6. The highest BCUT2D eigenvalue weighted by Gasteiger charge is 2.26.